The van der Waals surface area contributed by atoms with Crippen molar-refractivity contribution in [1.82, 2.24) is 0 Å². The number of rotatable bonds is 3. The van der Waals surface area contributed by atoms with Crippen LogP contribution in [0.5, 0.6) is 0 Å². The first-order valence-corrected chi connectivity index (χ1v) is 4.10. The first-order chi connectivity index (χ1) is 3.66. The molecule has 0 aromatic rings. The van der Waals surface area contributed by atoms with Gasteiger partial charge in [-0.3, -0.25) is 0 Å². The lowest BCUT2D eigenvalue weighted by Gasteiger charge is -2.09. The monoisotopic (exact) mass is 259 g/mol. The highest BCUT2D eigenvalue weighted by Gasteiger charge is 2.01. The maximum Gasteiger partial charge on any atom is 0.0183 e. The van der Waals surface area contributed by atoms with Crippen LogP contribution >= 0.6 is 32.9 Å². The van der Waals surface area contributed by atoms with E-state index in [1.807, 2.05) is 0 Å². The summed E-state index contributed by atoms with van der Waals surface area (Å²) in [6.45, 7) is 4.37. The highest BCUT2D eigenvalue weighted by atomic mass is 79.9. The van der Waals surface area contributed by atoms with Crippen molar-refractivity contribution in [3.8, 4) is 0 Å². The van der Waals surface area contributed by atoms with E-state index >= 15 is 0 Å². The number of alkyl halides is 1. The van der Waals surface area contributed by atoms with Gasteiger partial charge in [0.1, 0.15) is 0 Å². The van der Waals surface area contributed by atoms with E-state index in [1.54, 1.807) is 0 Å². The molecule has 2 N–H and O–H groups in total. The molecule has 0 fully saturated rings. The molecule has 1 atom stereocenters. The Bertz CT molecular complexity index is 57.0. The van der Waals surface area contributed by atoms with Crippen molar-refractivity contribution in [2.45, 2.75) is 26.3 Å². The molecule has 0 bridgehead atoms. The maximum absolute atomic E-state index is 5.63. The normalized spacial score (nSPS) is 13.0. The molecule has 0 aromatic carbocycles. The van der Waals surface area contributed by atoms with Gasteiger partial charge in [0.15, 0.2) is 0 Å². The summed E-state index contributed by atoms with van der Waals surface area (Å²) in [5, 5.41) is 0.922. The van der Waals surface area contributed by atoms with E-state index in [1.165, 1.54) is 0 Å². The van der Waals surface area contributed by atoms with E-state index in [9.17, 15) is 0 Å². The molecule has 3 heteroatoms. The van der Waals surface area contributed by atoms with Crippen LogP contribution in [0, 0.1) is 5.92 Å². The minimum absolute atomic E-state index is 0. The Morgan fingerprint density at radius 1 is 1.44 bits per heavy atom. The van der Waals surface area contributed by atoms with Gasteiger partial charge in [-0.1, -0.05) is 29.8 Å². The van der Waals surface area contributed by atoms with Gasteiger partial charge in [-0.2, -0.15) is 0 Å². The second-order valence-electron chi connectivity index (χ2n) is 2.54. The summed E-state index contributed by atoms with van der Waals surface area (Å²) in [5.41, 5.74) is 5.63. The molecule has 0 aliphatic heterocycles. The summed E-state index contributed by atoms with van der Waals surface area (Å²) in [4.78, 5) is 0. The van der Waals surface area contributed by atoms with Gasteiger partial charge in [-0.25, -0.2) is 0 Å². The van der Waals surface area contributed by atoms with Gasteiger partial charge in [0.25, 0.3) is 0 Å². The third kappa shape index (κ3) is 8.92. The van der Waals surface area contributed by atoms with Crippen molar-refractivity contribution in [1.29, 1.82) is 0 Å². The van der Waals surface area contributed by atoms with Crippen LogP contribution in [-0.2, 0) is 0 Å². The Kier molecular flexibility index (Phi) is 9.83. The molecule has 0 heterocycles. The van der Waals surface area contributed by atoms with Gasteiger partial charge in [0.05, 0.1) is 0 Å². The van der Waals surface area contributed by atoms with Gasteiger partial charge in [-0.15, -0.1) is 17.0 Å². The molecule has 0 saturated carbocycles. The van der Waals surface area contributed by atoms with E-state index in [4.69, 9.17) is 5.73 Å². The number of hydrogen-bond donors (Lipinski definition) is 1. The molecule has 0 amide bonds. The van der Waals surface area contributed by atoms with E-state index in [0.717, 1.165) is 17.7 Å². The average Bonchev–Trinajstić information content (AvgIpc) is 1.65. The summed E-state index contributed by atoms with van der Waals surface area (Å²) in [6, 6.07) is 0.343. The van der Waals surface area contributed by atoms with Gasteiger partial charge in [0.2, 0.25) is 0 Å². The molecule has 58 valence electrons. The largest absolute Gasteiger partial charge is 0.327 e. The number of hydrogen-bond acceptors (Lipinski definition) is 1. The van der Waals surface area contributed by atoms with E-state index in [0.29, 0.717) is 6.04 Å². The second kappa shape index (κ2) is 7.03. The number of halogens is 2. The van der Waals surface area contributed by atoms with Gasteiger partial charge < -0.3 is 5.73 Å². The molecule has 0 aliphatic rings. The molecule has 1 nitrogen and oxygen atoms in total. The molecule has 0 aliphatic carbocycles. The Labute approximate surface area is 76.3 Å². The zero-order chi connectivity index (χ0) is 6.57. The molecule has 0 radical (unpaired) electrons. The van der Waals surface area contributed by atoms with E-state index in [2.05, 4.69) is 29.8 Å². The Balaban J connectivity index is 0. The standard InChI is InChI=1S/C6H14BrN.BrH/c1-5(2)3-6(8)4-7;/h5-6H,3-4,8H2,1-2H3;1H/t6-;/m0./s1. The molecular formula is C6H15Br2N. The van der Waals surface area contributed by atoms with E-state index < -0.39 is 0 Å². The van der Waals surface area contributed by atoms with Crippen LogP contribution in [0.3, 0.4) is 0 Å². The summed E-state index contributed by atoms with van der Waals surface area (Å²) in [7, 11) is 0. The predicted octanol–water partition coefficient (Wildman–Crippen LogP) is 2.33. The highest BCUT2D eigenvalue weighted by Crippen LogP contribution is 2.03. The minimum atomic E-state index is 0. The summed E-state index contributed by atoms with van der Waals surface area (Å²) < 4.78 is 0. The average molecular weight is 261 g/mol. The minimum Gasteiger partial charge on any atom is -0.327 e. The highest BCUT2D eigenvalue weighted by molar-refractivity contribution is 9.09. The lowest BCUT2D eigenvalue weighted by molar-refractivity contribution is 0.526. The Hall–Kier alpha value is 0.920. The van der Waals surface area contributed by atoms with Crippen molar-refractivity contribution >= 4 is 32.9 Å². The summed E-state index contributed by atoms with van der Waals surface area (Å²) in [6.07, 6.45) is 1.12. The van der Waals surface area contributed by atoms with Crippen LogP contribution in [-0.4, -0.2) is 11.4 Å². The summed E-state index contributed by atoms with van der Waals surface area (Å²) >= 11 is 3.32. The smallest absolute Gasteiger partial charge is 0.0183 e. The van der Waals surface area contributed by atoms with Gasteiger partial charge >= 0.3 is 0 Å². The van der Waals surface area contributed by atoms with Crippen molar-refractivity contribution in [2.75, 3.05) is 5.33 Å². The first kappa shape index (κ1) is 12.6. The maximum atomic E-state index is 5.63. The van der Waals surface area contributed by atoms with Crippen molar-refractivity contribution < 1.29 is 0 Å². The zero-order valence-electron chi connectivity index (χ0n) is 5.93. The van der Waals surface area contributed by atoms with Crippen LogP contribution in [0.15, 0.2) is 0 Å². The summed E-state index contributed by atoms with van der Waals surface area (Å²) in [5.74, 6) is 0.725. The molecule has 0 aromatic heterocycles. The fourth-order valence-electron chi connectivity index (χ4n) is 0.668. The van der Waals surface area contributed by atoms with Crippen LogP contribution in [0.1, 0.15) is 20.3 Å². The fourth-order valence-corrected chi connectivity index (χ4v) is 0.933. The van der Waals surface area contributed by atoms with Crippen molar-refractivity contribution in [3.63, 3.8) is 0 Å². The molecule has 0 unspecified atom stereocenters. The fraction of sp³-hybridized carbons (Fsp3) is 1.00. The topological polar surface area (TPSA) is 26.0 Å². The predicted molar refractivity (Wildman–Crippen MR) is 51.5 cm³/mol. The second-order valence-corrected chi connectivity index (χ2v) is 3.19. The Morgan fingerprint density at radius 2 is 1.89 bits per heavy atom. The van der Waals surface area contributed by atoms with Crippen LogP contribution in [0.25, 0.3) is 0 Å². The molecule has 0 rings (SSSR count). The quantitative estimate of drug-likeness (QED) is 0.775. The van der Waals surface area contributed by atoms with Gasteiger partial charge in [-0.05, 0) is 12.3 Å². The number of nitrogens with two attached hydrogens (primary N) is 1. The van der Waals surface area contributed by atoms with Crippen LogP contribution < -0.4 is 5.73 Å². The van der Waals surface area contributed by atoms with Gasteiger partial charge in [0, 0.05) is 11.4 Å². The lowest BCUT2D eigenvalue weighted by Crippen LogP contribution is -2.23. The molecular weight excluding hydrogens is 246 g/mol. The first-order valence-electron chi connectivity index (χ1n) is 2.98. The lowest BCUT2D eigenvalue weighted by atomic mass is 10.1. The third-order valence-electron chi connectivity index (χ3n) is 0.972. The zero-order valence-corrected chi connectivity index (χ0v) is 9.23. The molecule has 9 heavy (non-hydrogen) atoms. The van der Waals surface area contributed by atoms with E-state index in [-0.39, 0.29) is 17.0 Å². The van der Waals surface area contributed by atoms with Crippen LogP contribution in [0.4, 0.5) is 0 Å². The Morgan fingerprint density at radius 3 is 2.00 bits per heavy atom. The molecule has 0 saturated heterocycles. The van der Waals surface area contributed by atoms with Crippen molar-refractivity contribution in [2.24, 2.45) is 11.7 Å². The van der Waals surface area contributed by atoms with Crippen molar-refractivity contribution in [3.05, 3.63) is 0 Å². The molecule has 0 spiro atoms. The third-order valence-corrected chi connectivity index (χ3v) is 1.80. The SMILES string of the molecule is Br.CC(C)C[C@H](N)CBr. The van der Waals surface area contributed by atoms with Crippen LogP contribution in [0.2, 0.25) is 0 Å².